The van der Waals surface area contributed by atoms with Gasteiger partial charge in [0.05, 0.1) is 24.8 Å². The van der Waals surface area contributed by atoms with Gasteiger partial charge in [-0.3, -0.25) is 9.59 Å². The number of hydrogen-bond acceptors (Lipinski definition) is 6. The lowest BCUT2D eigenvalue weighted by Crippen LogP contribution is -2.30. The number of benzene rings is 3. The molecule has 7 nitrogen and oxygen atoms in total. The van der Waals surface area contributed by atoms with E-state index in [1.807, 2.05) is 52.0 Å². The van der Waals surface area contributed by atoms with Gasteiger partial charge in [0, 0.05) is 11.1 Å². The van der Waals surface area contributed by atoms with Gasteiger partial charge in [-0.25, -0.2) is 0 Å². The van der Waals surface area contributed by atoms with Gasteiger partial charge in [0.2, 0.25) is 0 Å². The van der Waals surface area contributed by atoms with Gasteiger partial charge in [-0.05, 0) is 63.6 Å². The van der Waals surface area contributed by atoms with Gasteiger partial charge in [0.1, 0.15) is 28.6 Å². The number of carbonyl (C=O) groups is 2. The minimum absolute atomic E-state index is 0.0291. The van der Waals surface area contributed by atoms with Crippen molar-refractivity contribution in [3.8, 4) is 17.2 Å². The SMILES string of the molecule is CCOc1cccc(/C(O)=C2\C(=O)C(=O)N(Cc3ccccc3OC(C)(C)C)C2c2ccc(O)cc2)c1. The van der Waals surface area contributed by atoms with Crippen LogP contribution in [0.2, 0.25) is 0 Å². The summed E-state index contributed by atoms with van der Waals surface area (Å²) in [6.45, 7) is 8.18. The third-order valence-corrected chi connectivity index (χ3v) is 5.90. The van der Waals surface area contributed by atoms with Crippen molar-refractivity contribution >= 4 is 17.4 Å². The molecule has 4 rings (SSSR count). The summed E-state index contributed by atoms with van der Waals surface area (Å²) in [5.74, 6) is -0.618. The van der Waals surface area contributed by atoms with Gasteiger partial charge >= 0.3 is 0 Å². The fourth-order valence-electron chi connectivity index (χ4n) is 4.35. The molecule has 1 fully saturated rings. The molecule has 1 atom stereocenters. The monoisotopic (exact) mass is 501 g/mol. The summed E-state index contributed by atoms with van der Waals surface area (Å²) in [6, 6.07) is 19.5. The van der Waals surface area contributed by atoms with Crippen LogP contribution < -0.4 is 9.47 Å². The zero-order chi connectivity index (χ0) is 26.7. The Morgan fingerprint density at radius 2 is 1.68 bits per heavy atom. The summed E-state index contributed by atoms with van der Waals surface area (Å²) in [5.41, 5.74) is 1.17. The van der Waals surface area contributed by atoms with E-state index in [1.54, 1.807) is 36.4 Å². The fourth-order valence-corrected chi connectivity index (χ4v) is 4.35. The van der Waals surface area contributed by atoms with Gasteiger partial charge in [-0.1, -0.05) is 42.5 Å². The zero-order valence-electron chi connectivity index (χ0n) is 21.4. The first-order valence-corrected chi connectivity index (χ1v) is 12.2. The van der Waals surface area contributed by atoms with E-state index in [-0.39, 0.29) is 23.6 Å². The molecule has 1 unspecified atom stereocenters. The summed E-state index contributed by atoms with van der Waals surface area (Å²) < 4.78 is 11.7. The van der Waals surface area contributed by atoms with Crippen molar-refractivity contribution in [3.05, 3.63) is 95.1 Å². The Morgan fingerprint density at radius 3 is 2.35 bits per heavy atom. The summed E-state index contributed by atoms with van der Waals surface area (Å²) in [4.78, 5) is 28.2. The third-order valence-electron chi connectivity index (χ3n) is 5.90. The van der Waals surface area contributed by atoms with Crippen LogP contribution in [-0.2, 0) is 16.1 Å². The Bertz CT molecular complexity index is 1340. The topological polar surface area (TPSA) is 96.3 Å². The van der Waals surface area contributed by atoms with Gasteiger partial charge in [0.15, 0.2) is 0 Å². The standard InChI is InChI=1S/C30H31NO6/c1-5-36-23-11-8-10-20(17-23)27(33)25-26(19-13-15-22(32)16-14-19)31(29(35)28(25)34)18-21-9-6-7-12-24(21)37-30(2,3)4/h6-17,26,32-33H,5,18H2,1-4H3/b27-25+. The van der Waals surface area contributed by atoms with E-state index < -0.39 is 23.3 Å². The molecule has 1 aliphatic rings. The number of amides is 1. The van der Waals surface area contributed by atoms with Crippen molar-refractivity contribution in [2.75, 3.05) is 6.61 Å². The first-order valence-electron chi connectivity index (χ1n) is 12.2. The van der Waals surface area contributed by atoms with Crippen molar-refractivity contribution in [1.29, 1.82) is 0 Å². The molecule has 0 spiro atoms. The molecule has 2 N–H and O–H groups in total. The number of phenols is 1. The number of hydrogen-bond donors (Lipinski definition) is 2. The number of aliphatic hydroxyl groups excluding tert-OH is 1. The van der Waals surface area contributed by atoms with E-state index in [0.717, 1.165) is 5.56 Å². The number of ketones is 1. The van der Waals surface area contributed by atoms with Gasteiger partial charge < -0.3 is 24.6 Å². The number of ether oxygens (including phenoxy) is 2. The van der Waals surface area contributed by atoms with E-state index in [2.05, 4.69) is 0 Å². The molecule has 7 heteroatoms. The van der Waals surface area contributed by atoms with E-state index in [4.69, 9.17) is 9.47 Å². The second kappa shape index (κ2) is 10.4. The maximum Gasteiger partial charge on any atom is 0.295 e. The lowest BCUT2D eigenvalue weighted by atomic mass is 9.95. The molecular weight excluding hydrogens is 470 g/mol. The summed E-state index contributed by atoms with van der Waals surface area (Å²) >= 11 is 0. The van der Waals surface area contributed by atoms with Crippen LogP contribution in [0.3, 0.4) is 0 Å². The quantitative estimate of drug-likeness (QED) is 0.249. The number of phenolic OH excluding ortho intramolecular Hbond substituents is 1. The Labute approximate surface area is 216 Å². The molecule has 0 aromatic heterocycles. The molecule has 3 aromatic carbocycles. The predicted molar refractivity (Wildman–Crippen MR) is 140 cm³/mol. The number of likely N-dealkylation sites (tertiary alicyclic amines) is 1. The highest BCUT2D eigenvalue weighted by Gasteiger charge is 2.46. The van der Waals surface area contributed by atoms with Crippen molar-refractivity contribution in [1.82, 2.24) is 4.90 Å². The van der Waals surface area contributed by atoms with Crippen LogP contribution in [-0.4, -0.2) is 39.0 Å². The van der Waals surface area contributed by atoms with Crippen molar-refractivity contribution in [3.63, 3.8) is 0 Å². The summed E-state index contributed by atoms with van der Waals surface area (Å²) in [5, 5.41) is 21.2. The molecule has 1 heterocycles. The highest BCUT2D eigenvalue weighted by Crippen LogP contribution is 2.41. The number of nitrogens with zero attached hydrogens (tertiary/aromatic N) is 1. The van der Waals surface area contributed by atoms with Crippen LogP contribution in [0.15, 0.2) is 78.4 Å². The normalized spacial score (nSPS) is 17.2. The van der Waals surface area contributed by atoms with Crippen LogP contribution >= 0.6 is 0 Å². The number of aliphatic hydroxyl groups is 1. The molecule has 1 aliphatic heterocycles. The molecule has 192 valence electrons. The third kappa shape index (κ3) is 5.61. The van der Waals surface area contributed by atoms with E-state index in [0.29, 0.717) is 29.2 Å². The zero-order valence-corrected chi connectivity index (χ0v) is 21.4. The van der Waals surface area contributed by atoms with Crippen molar-refractivity contribution in [2.45, 2.75) is 45.9 Å². The molecule has 0 bridgehead atoms. The molecule has 1 amide bonds. The minimum Gasteiger partial charge on any atom is -0.508 e. The highest BCUT2D eigenvalue weighted by molar-refractivity contribution is 6.46. The van der Waals surface area contributed by atoms with Crippen LogP contribution in [0.4, 0.5) is 0 Å². The smallest absolute Gasteiger partial charge is 0.295 e. The minimum atomic E-state index is -0.876. The number of rotatable bonds is 7. The van der Waals surface area contributed by atoms with E-state index in [1.165, 1.54) is 17.0 Å². The Morgan fingerprint density at radius 1 is 0.973 bits per heavy atom. The number of carbonyl (C=O) groups excluding carboxylic acids is 2. The second-order valence-corrected chi connectivity index (χ2v) is 9.80. The maximum atomic E-state index is 13.4. The van der Waals surface area contributed by atoms with E-state index >= 15 is 0 Å². The van der Waals surface area contributed by atoms with Gasteiger partial charge in [0.25, 0.3) is 11.7 Å². The van der Waals surface area contributed by atoms with Gasteiger partial charge in [-0.15, -0.1) is 0 Å². The Hall–Kier alpha value is -4.26. The van der Waals surface area contributed by atoms with Crippen molar-refractivity contribution < 1.29 is 29.3 Å². The average Bonchev–Trinajstić information content (AvgIpc) is 3.10. The lowest BCUT2D eigenvalue weighted by Gasteiger charge is -2.28. The maximum absolute atomic E-state index is 13.4. The Kier molecular flexibility index (Phi) is 7.25. The summed E-state index contributed by atoms with van der Waals surface area (Å²) in [7, 11) is 0. The van der Waals surface area contributed by atoms with Gasteiger partial charge in [-0.2, -0.15) is 0 Å². The number of Topliss-reactive ketones (excluding diaryl/α,β-unsaturated/α-hetero) is 1. The fraction of sp³-hybridized carbons (Fsp3) is 0.267. The first kappa shape index (κ1) is 25.8. The summed E-state index contributed by atoms with van der Waals surface area (Å²) in [6.07, 6.45) is 0. The number of para-hydroxylation sites is 1. The predicted octanol–water partition coefficient (Wildman–Crippen LogP) is 5.59. The lowest BCUT2D eigenvalue weighted by molar-refractivity contribution is -0.140. The molecule has 0 saturated carbocycles. The van der Waals surface area contributed by atoms with Crippen LogP contribution in [0.1, 0.15) is 50.4 Å². The first-order chi connectivity index (χ1) is 17.6. The van der Waals surface area contributed by atoms with E-state index in [9.17, 15) is 19.8 Å². The average molecular weight is 502 g/mol. The molecule has 1 saturated heterocycles. The molecule has 37 heavy (non-hydrogen) atoms. The van der Waals surface area contributed by atoms with Crippen LogP contribution in [0.5, 0.6) is 17.2 Å². The molecule has 0 aliphatic carbocycles. The number of aromatic hydroxyl groups is 1. The molecule has 0 radical (unpaired) electrons. The Balaban J connectivity index is 1.83. The highest BCUT2D eigenvalue weighted by atomic mass is 16.5. The van der Waals surface area contributed by atoms with Crippen LogP contribution in [0, 0.1) is 0 Å². The molecule has 3 aromatic rings. The second-order valence-electron chi connectivity index (χ2n) is 9.80. The largest absolute Gasteiger partial charge is 0.508 e. The van der Waals surface area contributed by atoms with Crippen LogP contribution in [0.25, 0.3) is 5.76 Å². The molecular formula is C30H31NO6. The van der Waals surface area contributed by atoms with Crippen molar-refractivity contribution in [2.24, 2.45) is 0 Å².